The van der Waals surface area contributed by atoms with Gasteiger partial charge in [0.15, 0.2) is 11.5 Å². The third-order valence-electron chi connectivity index (χ3n) is 5.40. The van der Waals surface area contributed by atoms with E-state index in [1.165, 1.54) is 26.3 Å². The molecule has 2 aromatic carbocycles. The summed E-state index contributed by atoms with van der Waals surface area (Å²) in [5.41, 5.74) is -0.470. The molecule has 0 fully saturated rings. The lowest BCUT2D eigenvalue weighted by Crippen LogP contribution is -2.29. The lowest BCUT2D eigenvalue weighted by molar-refractivity contribution is -0.140. The van der Waals surface area contributed by atoms with E-state index < -0.39 is 23.6 Å². The fourth-order valence-electron chi connectivity index (χ4n) is 3.44. The predicted octanol–water partition coefficient (Wildman–Crippen LogP) is 6.11. The Morgan fingerprint density at radius 2 is 1.89 bits per heavy atom. The van der Waals surface area contributed by atoms with Crippen LogP contribution in [0.4, 0.5) is 23.2 Å². The molecule has 0 radical (unpaired) electrons. The molecule has 0 saturated heterocycles. The van der Waals surface area contributed by atoms with Crippen LogP contribution in [0.5, 0.6) is 11.5 Å². The van der Waals surface area contributed by atoms with Crippen molar-refractivity contribution >= 4 is 17.7 Å². The number of hydrogen-bond acceptors (Lipinski definition) is 5. The van der Waals surface area contributed by atoms with Crippen LogP contribution >= 0.6 is 0 Å². The highest BCUT2D eigenvalue weighted by molar-refractivity contribution is 6.04. The van der Waals surface area contributed by atoms with Crippen molar-refractivity contribution in [2.75, 3.05) is 27.9 Å². The summed E-state index contributed by atoms with van der Waals surface area (Å²) in [5.74, 6) is -0.186. The molecule has 6 nitrogen and oxygen atoms in total. The standard InChI is InChI=1S/C25H31F4N3O3/c1-7-16(33-5)14-35-22-12-18(20(31-8-2)13-21(22)34-6)24(30-4)32-15(3)17-10-9-11-19(23(17)26)25(27,28)29/h8-13,15-16H,7,14H2,1-6H3,(H,30,32)/b31-8+/t15-,16?/m1/s1. The Bertz CT molecular complexity index is 1050. The summed E-state index contributed by atoms with van der Waals surface area (Å²) in [6.07, 6.45) is -2.60. The van der Waals surface area contributed by atoms with Gasteiger partial charge in [0.1, 0.15) is 18.3 Å². The molecule has 10 heteroatoms. The van der Waals surface area contributed by atoms with Gasteiger partial charge in [-0.1, -0.05) is 19.1 Å². The van der Waals surface area contributed by atoms with Gasteiger partial charge in [-0.15, -0.1) is 0 Å². The highest BCUT2D eigenvalue weighted by atomic mass is 19.4. The molecule has 0 bridgehead atoms. The molecule has 2 rings (SSSR count). The fourth-order valence-corrected chi connectivity index (χ4v) is 3.44. The van der Waals surface area contributed by atoms with Gasteiger partial charge in [0.25, 0.3) is 0 Å². The minimum absolute atomic E-state index is 0.127. The van der Waals surface area contributed by atoms with Crippen LogP contribution in [0, 0.1) is 5.82 Å². The second-order valence-corrected chi connectivity index (χ2v) is 7.63. The Hall–Kier alpha value is -3.14. The average Bonchev–Trinajstić information content (AvgIpc) is 2.83. The van der Waals surface area contributed by atoms with Crippen LogP contribution in [-0.4, -0.2) is 46.0 Å². The molecular weight excluding hydrogens is 466 g/mol. The van der Waals surface area contributed by atoms with Crippen LogP contribution in [0.15, 0.2) is 40.3 Å². The van der Waals surface area contributed by atoms with Gasteiger partial charge >= 0.3 is 6.18 Å². The molecule has 0 amide bonds. The van der Waals surface area contributed by atoms with E-state index in [1.54, 1.807) is 39.3 Å². The van der Waals surface area contributed by atoms with E-state index in [-0.39, 0.29) is 18.3 Å². The summed E-state index contributed by atoms with van der Waals surface area (Å²) in [6, 6.07) is 5.70. The quantitative estimate of drug-likeness (QED) is 0.245. The zero-order valence-corrected chi connectivity index (χ0v) is 20.7. The van der Waals surface area contributed by atoms with Crippen molar-refractivity contribution in [3.63, 3.8) is 0 Å². The lowest BCUT2D eigenvalue weighted by atomic mass is 10.0. The molecule has 1 N–H and O–H groups in total. The van der Waals surface area contributed by atoms with Gasteiger partial charge in [0.05, 0.1) is 30.5 Å². The van der Waals surface area contributed by atoms with Gasteiger partial charge in [-0.25, -0.2) is 4.39 Å². The molecule has 35 heavy (non-hydrogen) atoms. The van der Waals surface area contributed by atoms with Crippen molar-refractivity contribution in [2.45, 2.75) is 45.5 Å². The topological polar surface area (TPSA) is 64.4 Å². The minimum atomic E-state index is -4.80. The SMILES string of the molecule is C/C=N/c1cc(OC)c(OCC(CC)OC)cc1/C(=N\C)N[C@H](C)c1cccc(C(F)(F)F)c1F. The molecule has 0 aliphatic rings. The number of halogens is 4. The van der Waals surface area contributed by atoms with Crippen molar-refractivity contribution in [3.05, 3.63) is 52.8 Å². The van der Waals surface area contributed by atoms with Crippen LogP contribution < -0.4 is 14.8 Å². The molecular formula is C25H31F4N3O3. The highest BCUT2D eigenvalue weighted by Crippen LogP contribution is 2.37. The predicted molar refractivity (Wildman–Crippen MR) is 129 cm³/mol. The number of nitrogens with zero attached hydrogens (tertiary/aromatic N) is 2. The molecule has 0 aliphatic carbocycles. The largest absolute Gasteiger partial charge is 0.493 e. The molecule has 2 aromatic rings. The number of methoxy groups -OCH3 is 2. The number of hydrogen-bond donors (Lipinski definition) is 1. The van der Waals surface area contributed by atoms with E-state index in [0.29, 0.717) is 34.7 Å². The summed E-state index contributed by atoms with van der Waals surface area (Å²) in [7, 11) is 4.61. The van der Waals surface area contributed by atoms with E-state index in [9.17, 15) is 17.6 Å². The molecule has 0 aromatic heterocycles. The number of alkyl halides is 3. The number of amidine groups is 1. The smallest absolute Gasteiger partial charge is 0.419 e. The van der Waals surface area contributed by atoms with E-state index in [0.717, 1.165) is 6.42 Å². The summed E-state index contributed by atoms with van der Waals surface area (Å²) in [4.78, 5) is 8.63. The van der Waals surface area contributed by atoms with E-state index in [2.05, 4.69) is 15.3 Å². The van der Waals surface area contributed by atoms with Crippen LogP contribution in [0.3, 0.4) is 0 Å². The van der Waals surface area contributed by atoms with Gasteiger partial charge in [-0.3, -0.25) is 9.98 Å². The first-order valence-corrected chi connectivity index (χ1v) is 11.1. The second kappa shape index (κ2) is 12.5. The number of ether oxygens (including phenoxy) is 3. The highest BCUT2D eigenvalue weighted by Gasteiger charge is 2.35. The summed E-state index contributed by atoms with van der Waals surface area (Å²) in [5, 5.41) is 3.02. The van der Waals surface area contributed by atoms with Crippen LogP contribution in [0.2, 0.25) is 0 Å². The van der Waals surface area contributed by atoms with Gasteiger partial charge < -0.3 is 19.5 Å². The molecule has 0 aliphatic heterocycles. The van der Waals surface area contributed by atoms with Gasteiger partial charge in [0.2, 0.25) is 0 Å². The molecule has 0 saturated carbocycles. The zero-order chi connectivity index (χ0) is 26.2. The third kappa shape index (κ3) is 6.94. The van der Waals surface area contributed by atoms with Crippen molar-refractivity contribution in [1.29, 1.82) is 0 Å². The molecule has 0 spiro atoms. The van der Waals surface area contributed by atoms with Crippen molar-refractivity contribution in [1.82, 2.24) is 5.32 Å². The first-order valence-electron chi connectivity index (χ1n) is 11.1. The maximum atomic E-state index is 14.7. The average molecular weight is 498 g/mol. The Labute approximate surface area is 203 Å². The number of nitrogens with one attached hydrogen (secondary N) is 1. The zero-order valence-electron chi connectivity index (χ0n) is 20.7. The molecule has 1 unspecified atom stereocenters. The van der Waals surface area contributed by atoms with Crippen LogP contribution in [0.1, 0.15) is 49.9 Å². The Kier molecular flexibility index (Phi) is 10.1. The van der Waals surface area contributed by atoms with E-state index >= 15 is 0 Å². The minimum Gasteiger partial charge on any atom is -0.493 e. The first kappa shape index (κ1) is 28.1. The third-order valence-corrected chi connectivity index (χ3v) is 5.40. The van der Waals surface area contributed by atoms with E-state index in [1.807, 2.05) is 6.92 Å². The van der Waals surface area contributed by atoms with Crippen molar-refractivity contribution < 1.29 is 31.8 Å². The van der Waals surface area contributed by atoms with Crippen LogP contribution in [0.25, 0.3) is 0 Å². The van der Waals surface area contributed by atoms with Crippen molar-refractivity contribution in [2.24, 2.45) is 9.98 Å². The Morgan fingerprint density at radius 1 is 1.17 bits per heavy atom. The maximum Gasteiger partial charge on any atom is 0.419 e. The normalized spacial score (nSPS) is 14.2. The monoisotopic (exact) mass is 497 g/mol. The second-order valence-electron chi connectivity index (χ2n) is 7.63. The van der Waals surface area contributed by atoms with Gasteiger partial charge in [-0.05, 0) is 32.4 Å². The Morgan fingerprint density at radius 3 is 2.43 bits per heavy atom. The maximum absolute atomic E-state index is 14.7. The summed E-state index contributed by atoms with van der Waals surface area (Å²) in [6.45, 7) is 5.54. The van der Waals surface area contributed by atoms with Gasteiger partial charge in [-0.2, -0.15) is 13.2 Å². The first-order chi connectivity index (χ1) is 16.6. The Balaban J connectivity index is 2.47. The molecule has 192 valence electrons. The molecule has 2 atom stereocenters. The fraction of sp³-hybridized carbons (Fsp3) is 0.440. The number of rotatable bonds is 10. The number of aliphatic imine (C=N–C) groups is 2. The molecule has 0 heterocycles. The van der Waals surface area contributed by atoms with Crippen molar-refractivity contribution in [3.8, 4) is 11.5 Å². The number of benzene rings is 2. The van der Waals surface area contributed by atoms with Gasteiger partial charge in [0, 0.05) is 37.6 Å². The lowest BCUT2D eigenvalue weighted by Gasteiger charge is -2.22. The van der Waals surface area contributed by atoms with Crippen LogP contribution in [-0.2, 0) is 10.9 Å². The summed E-state index contributed by atoms with van der Waals surface area (Å²) >= 11 is 0. The summed E-state index contributed by atoms with van der Waals surface area (Å²) < 4.78 is 71.0. The van der Waals surface area contributed by atoms with E-state index in [4.69, 9.17) is 14.2 Å².